The van der Waals surface area contributed by atoms with Crippen molar-refractivity contribution in [2.75, 3.05) is 5.32 Å². The van der Waals surface area contributed by atoms with Crippen molar-refractivity contribution in [3.05, 3.63) is 76.8 Å². The number of fused-ring (bicyclic) bond motifs is 3. The Bertz CT molecular complexity index is 1370. The number of amides is 1. The molecule has 3 atom stereocenters. The Balaban J connectivity index is 1.20. The predicted molar refractivity (Wildman–Crippen MR) is 122 cm³/mol. The molecule has 0 spiro atoms. The van der Waals surface area contributed by atoms with Gasteiger partial charge in [-0.05, 0) is 49.3 Å². The van der Waals surface area contributed by atoms with Gasteiger partial charge in [0.05, 0.1) is 28.9 Å². The highest BCUT2D eigenvalue weighted by Gasteiger charge is 2.40. The number of nitrogens with zero attached hydrogens (tertiary/aromatic N) is 3. The van der Waals surface area contributed by atoms with Gasteiger partial charge in [-0.25, -0.2) is 5.10 Å². The average molecular weight is 425 g/mol. The third kappa shape index (κ3) is 3.21. The summed E-state index contributed by atoms with van der Waals surface area (Å²) in [6, 6.07) is 15.3. The standard InChI is InChI=1S/C25H23N5O2/c31-24(18-13-26-30(14-18)22-12-15-5-6-17(22)11-15)27-19-9-7-16(8-10-19)23-20-3-1-2-4-21(20)25(32)29-28-23/h1-4,7-10,13-15,17,22H,5-6,11-12H2,(H,27,31)(H,29,32)/t15-,17-,22-/m0/s1. The van der Waals surface area contributed by atoms with Gasteiger partial charge in [0.25, 0.3) is 11.5 Å². The van der Waals surface area contributed by atoms with Gasteiger partial charge < -0.3 is 5.32 Å². The maximum atomic E-state index is 12.8. The normalized spacial score (nSPS) is 21.8. The molecule has 0 radical (unpaired) electrons. The van der Waals surface area contributed by atoms with Gasteiger partial charge >= 0.3 is 0 Å². The van der Waals surface area contributed by atoms with Crippen LogP contribution in [0.2, 0.25) is 0 Å². The highest BCUT2D eigenvalue weighted by molar-refractivity contribution is 6.04. The van der Waals surface area contributed by atoms with Gasteiger partial charge in [0.2, 0.25) is 0 Å². The van der Waals surface area contributed by atoms with E-state index in [0.29, 0.717) is 34.3 Å². The number of carbonyl (C=O) groups excluding carboxylic acids is 1. The first kappa shape index (κ1) is 19.0. The molecule has 7 heteroatoms. The number of rotatable bonds is 4. The molecule has 2 aromatic carbocycles. The number of nitrogens with one attached hydrogen (secondary N) is 2. The van der Waals surface area contributed by atoms with Crippen LogP contribution < -0.4 is 10.9 Å². The Hall–Kier alpha value is -3.74. The highest BCUT2D eigenvalue weighted by atomic mass is 16.1. The zero-order chi connectivity index (χ0) is 21.7. The second-order valence-electron chi connectivity index (χ2n) is 8.93. The van der Waals surface area contributed by atoms with Crippen molar-refractivity contribution < 1.29 is 4.79 Å². The second-order valence-corrected chi connectivity index (χ2v) is 8.93. The predicted octanol–water partition coefficient (Wildman–Crippen LogP) is 4.40. The van der Waals surface area contributed by atoms with Crippen molar-refractivity contribution in [1.82, 2.24) is 20.0 Å². The highest BCUT2D eigenvalue weighted by Crippen LogP contribution is 2.50. The second kappa shape index (κ2) is 7.44. The van der Waals surface area contributed by atoms with Gasteiger partial charge in [0.1, 0.15) is 0 Å². The Labute approximate surface area is 184 Å². The summed E-state index contributed by atoms with van der Waals surface area (Å²) >= 11 is 0. The first-order valence-electron chi connectivity index (χ1n) is 11.1. The molecule has 2 fully saturated rings. The van der Waals surface area contributed by atoms with Gasteiger partial charge in [-0.3, -0.25) is 14.3 Å². The van der Waals surface area contributed by atoms with Crippen molar-refractivity contribution in [2.45, 2.75) is 31.7 Å². The van der Waals surface area contributed by atoms with E-state index in [1.165, 1.54) is 25.7 Å². The lowest BCUT2D eigenvalue weighted by Crippen LogP contribution is -2.17. The van der Waals surface area contributed by atoms with E-state index in [1.54, 1.807) is 12.3 Å². The van der Waals surface area contributed by atoms with Crippen molar-refractivity contribution in [1.29, 1.82) is 0 Å². The summed E-state index contributed by atoms with van der Waals surface area (Å²) in [5, 5.41) is 15.6. The first-order valence-corrected chi connectivity index (χ1v) is 11.1. The lowest BCUT2D eigenvalue weighted by Gasteiger charge is -2.21. The molecule has 6 rings (SSSR count). The maximum Gasteiger partial charge on any atom is 0.272 e. The quantitative estimate of drug-likeness (QED) is 0.507. The summed E-state index contributed by atoms with van der Waals surface area (Å²) in [6.07, 6.45) is 8.65. The molecule has 0 saturated heterocycles. The summed E-state index contributed by atoms with van der Waals surface area (Å²) < 4.78 is 1.99. The molecule has 2 N–H and O–H groups in total. The molecule has 2 bridgehead atoms. The SMILES string of the molecule is O=C(Nc1ccc(-c2n[nH]c(=O)c3ccccc23)cc1)c1cnn([C@H]2C[C@H]3CC[C@H]2C3)c1. The number of benzene rings is 2. The van der Waals surface area contributed by atoms with E-state index >= 15 is 0 Å². The van der Waals surface area contributed by atoms with Crippen molar-refractivity contribution in [3.8, 4) is 11.3 Å². The number of H-pyrrole nitrogens is 1. The van der Waals surface area contributed by atoms with Gasteiger partial charge in [-0.15, -0.1) is 0 Å². The van der Waals surface area contributed by atoms with Gasteiger partial charge in [0.15, 0.2) is 0 Å². The van der Waals surface area contributed by atoms with E-state index in [1.807, 2.05) is 53.3 Å². The van der Waals surface area contributed by atoms with Crippen LogP contribution in [-0.2, 0) is 0 Å². The minimum atomic E-state index is -0.209. The molecular formula is C25H23N5O2. The van der Waals surface area contributed by atoms with E-state index in [0.717, 1.165) is 16.9 Å². The number of aromatic amines is 1. The van der Waals surface area contributed by atoms with Crippen molar-refractivity contribution >= 4 is 22.4 Å². The molecule has 1 amide bonds. The summed E-state index contributed by atoms with van der Waals surface area (Å²) in [5.74, 6) is 1.37. The molecule has 2 aliphatic carbocycles. The maximum absolute atomic E-state index is 12.8. The third-order valence-corrected chi connectivity index (χ3v) is 7.02. The number of hydrogen-bond donors (Lipinski definition) is 2. The van der Waals surface area contributed by atoms with Crippen LogP contribution in [0.4, 0.5) is 5.69 Å². The van der Waals surface area contributed by atoms with Crippen LogP contribution in [0, 0.1) is 11.8 Å². The van der Waals surface area contributed by atoms with Crippen molar-refractivity contribution in [2.24, 2.45) is 11.8 Å². The fraction of sp³-hybridized carbons (Fsp3) is 0.280. The Morgan fingerprint density at radius 3 is 2.59 bits per heavy atom. The van der Waals surface area contributed by atoms with Crippen LogP contribution in [0.15, 0.2) is 65.7 Å². The zero-order valence-corrected chi connectivity index (χ0v) is 17.5. The molecule has 2 heterocycles. The molecule has 4 aromatic rings. The molecule has 7 nitrogen and oxygen atoms in total. The molecule has 2 saturated carbocycles. The smallest absolute Gasteiger partial charge is 0.272 e. The Morgan fingerprint density at radius 2 is 1.84 bits per heavy atom. The molecule has 160 valence electrons. The van der Waals surface area contributed by atoms with Crippen LogP contribution in [-0.4, -0.2) is 25.9 Å². The Morgan fingerprint density at radius 1 is 1.03 bits per heavy atom. The van der Waals surface area contributed by atoms with Crippen LogP contribution >= 0.6 is 0 Å². The number of hydrogen-bond acceptors (Lipinski definition) is 4. The summed E-state index contributed by atoms with van der Waals surface area (Å²) in [5.41, 5.74) is 2.62. The van der Waals surface area contributed by atoms with E-state index in [2.05, 4.69) is 20.6 Å². The van der Waals surface area contributed by atoms with Gasteiger partial charge in [-0.1, -0.05) is 36.8 Å². The molecule has 0 unspecified atom stereocenters. The summed E-state index contributed by atoms with van der Waals surface area (Å²) in [4.78, 5) is 24.8. The number of aromatic nitrogens is 4. The summed E-state index contributed by atoms with van der Waals surface area (Å²) in [7, 11) is 0. The average Bonchev–Trinajstić information content (AvgIpc) is 3.57. The largest absolute Gasteiger partial charge is 0.322 e. The van der Waals surface area contributed by atoms with Crippen LogP contribution in [0.3, 0.4) is 0 Å². The fourth-order valence-electron chi connectivity index (χ4n) is 5.42. The van der Waals surface area contributed by atoms with E-state index in [9.17, 15) is 9.59 Å². The topological polar surface area (TPSA) is 92.7 Å². The van der Waals surface area contributed by atoms with E-state index in [4.69, 9.17) is 0 Å². The minimum absolute atomic E-state index is 0.167. The van der Waals surface area contributed by atoms with Crippen LogP contribution in [0.5, 0.6) is 0 Å². The molecule has 2 aliphatic rings. The minimum Gasteiger partial charge on any atom is -0.322 e. The number of carbonyl (C=O) groups is 1. The van der Waals surface area contributed by atoms with E-state index in [-0.39, 0.29) is 11.5 Å². The van der Waals surface area contributed by atoms with Gasteiger partial charge in [0, 0.05) is 22.8 Å². The van der Waals surface area contributed by atoms with Crippen molar-refractivity contribution in [3.63, 3.8) is 0 Å². The lowest BCUT2D eigenvalue weighted by atomic mass is 9.95. The Kier molecular flexibility index (Phi) is 4.41. The number of anilines is 1. The van der Waals surface area contributed by atoms with Gasteiger partial charge in [-0.2, -0.15) is 10.2 Å². The van der Waals surface area contributed by atoms with Crippen LogP contribution in [0.1, 0.15) is 42.1 Å². The monoisotopic (exact) mass is 425 g/mol. The van der Waals surface area contributed by atoms with Crippen LogP contribution in [0.25, 0.3) is 22.0 Å². The third-order valence-electron chi connectivity index (χ3n) is 7.02. The summed E-state index contributed by atoms with van der Waals surface area (Å²) in [6.45, 7) is 0. The molecule has 0 aliphatic heterocycles. The molecular weight excluding hydrogens is 402 g/mol. The zero-order valence-electron chi connectivity index (χ0n) is 17.5. The lowest BCUT2D eigenvalue weighted by molar-refractivity contribution is 0.102. The molecule has 32 heavy (non-hydrogen) atoms. The first-order chi connectivity index (χ1) is 15.7. The fourth-order valence-corrected chi connectivity index (χ4v) is 5.42. The molecule has 2 aromatic heterocycles. The van der Waals surface area contributed by atoms with E-state index < -0.39 is 0 Å².